The van der Waals surface area contributed by atoms with Crippen molar-refractivity contribution in [3.63, 3.8) is 0 Å². The van der Waals surface area contributed by atoms with Gasteiger partial charge >= 0.3 is 0 Å². The Bertz CT molecular complexity index is 1010. The minimum Gasteiger partial charge on any atom is -0.492 e. The summed E-state index contributed by atoms with van der Waals surface area (Å²) in [5, 5.41) is -0.242. The van der Waals surface area contributed by atoms with Gasteiger partial charge in [0, 0.05) is 5.02 Å². The largest absolute Gasteiger partial charge is 0.492 e. The molecule has 9 heteroatoms. The molecule has 1 saturated heterocycles. The number of hydrogen-bond acceptors (Lipinski definition) is 5. The molecule has 0 aliphatic carbocycles. The van der Waals surface area contributed by atoms with Crippen molar-refractivity contribution in [3.8, 4) is 11.5 Å². The number of carbonyl (C=O) groups is 2. The van der Waals surface area contributed by atoms with Crippen molar-refractivity contribution >= 4 is 63.2 Å². The molecule has 1 aliphatic heterocycles. The molecule has 0 unspecified atom stereocenters. The lowest BCUT2D eigenvalue weighted by Crippen LogP contribution is -2.27. The molecule has 0 saturated carbocycles. The Kier molecular flexibility index (Phi) is 7.07. The normalized spacial score (nSPS) is 15.3. The highest BCUT2D eigenvalue weighted by molar-refractivity contribution is 14.1. The fourth-order valence-corrected chi connectivity index (χ4v) is 4.65. The van der Waals surface area contributed by atoms with E-state index in [1.54, 1.807) is 19.3 Å². The molecule has 0 radical (unpaired) electrons. The van der Waals surface area contributed by atoms with Crippen LogP contribution in [0.1, 0.15) is 18.1 Å². The Balaban J connectivity index is 1.88. The second kappa shape index (κ2) is 9.36. The molecule has 2 aromatic carbocycles. The molecule has 29 heavy (non-hydrogen) atoms. The zero-order valence-corrected chi connectivity index (χ0v) is 19.2. The number of nitrogens with zero attached hydrogens (tertiary/aromatic N) is 1. The van der Waals surface area contributed by atoms with E-state index in [1.807, 2.05) is 13.0 Å². The number of carbonyl (C=O) groups excluding carboxylic acids is 2. The minimum atomic E-state index is -0.480. The van der Waals surface area contributed by atoms with Gasteiger partial charge in [-0.15, -0.1) is 0 Å². The predicted molar refractivity (Wildman–Crippen MR) is 120 cm³/mol. The predicted octanol–water partition coefficient (Wildman–Crippen LogP) is 5.73. The van der Waals surface area contributed by atoms with Crippen LogP contribution in [-0.2, 0) is 11.3 Å². The number of benzene rings is 2. The van der Waals surface area contributed by atoms with Gasteiger partial charge in [0.2, 0.25) is 0 Å². The van der Waals surface area contributed by atoms with Gasteiger partial charge in [0.25, 0.3) is 11.1 Å². The summed E-state index contributed by atoms with van der Waals surface area (Å²) in [5.41, 5.74) is 1.21. The van der Waals surface area contributed by atoms with Crippen molar-refractivity contribution in [1.29, 1.82) is 0 Å². The molecule has 5 nitrogen and oxygen atoms in total. The van der Waals surface area contributed by atoms with E-state index in [0.29, 0.717) is 29.2 Å². The van der Waals surface area contributed by atoms with E-state index >= 15 is 0 Å². The number of halogens is 3. The first-order chi connectivity index (χ1) is 13.8. The second-order valence-electron chi connectivity index (χ2n) is 5.97. The molecule has 152 valence electrons. The monoisotopic (exact) mass is 547 g/mol. The molecule has 1 heterocycles. The van der Waals surface area contributed by atoms with E-state index in [-0.39, 0.29) is 16.5 Å². The average Bonchev–Trinajstić information content (AvgIpc) is 2.91. The third-order valence-electron chi connectivity index (χ3n) is 4.05. The highest BCUT2D eigenvalue weighted by atomic mass is 127. The van der Waals surface area contributed by atoms with E-state index < -0.39 is 17.0 Å². The third kappa shape index (κ3) is 4.87. The number of rotatable bonds is 6. The molecule has 1 fully saturated rings. The first-order valence-corrected chi connectivity index (χ1v) is 10.8. The maximum Gasteiger partial charge on any atom is 0.293 e. The van der Waals surface area contributed by atoms with Gasteiger partial charge < -0.3 is 9.47 Å². The highest BCUT2D eigenvalue weighted by Crippen LogP contribution is 2.38. The summed E-state index contributed by atoms with van der Waals surface area (Å²) in [7, 11) is 1.56. The van der Waals surface area contributed by atoms with Crippen molar-refractivity contribution in [2.45, 2.75) is 13.5 Å². The zero-order chi connectivity index (χ0) is 21.1. The smallest absolute Gasteiger partial charge is 0.293 e. The highest BCUT2D eigenvalue weighted by Gasteiger charge is 2.35. The number of ether oxygens (including phenoxy) is 2. The fourth-order valence-electron chi connectivity index (χ4n) is 2.74. The van der Waals surface area contributed by atoms with E-state index in [4.69, 9.17) is 21.1 Å². The van der Waals surface area contributed by atoms with Crippen molar-refractivity contribution < 1.29 is 23.5 Å². The number of imide groups is 1. The molecule has 2 amide bonds. The van der Waals surface area contributed by atoms with Crippen molar-refractivity contribution in [3.05, 3.63) is 60.8 Å². The van der Waals surface area contributed by atoms with E-state index in [2.05, 4.69) is 22.6 Å². The summed E-state index contributed by atoms with van der Waals surface area (Å²) < 4.78 is 25.0. The van der Waals surface area contributed by atoms with Gasteiger partial charge in [-0.05, 0) is 82.7 Å². The van der Waals surface area contributed by atoms with Crippen LogP contribution in [0, 0.1) is 9.39 Å². The van der Waals surface area contributed by atoms with Crippen LogP contribution in [0.15, 0.2) is 35.2 Å². The summed E-state index contributed by atoms with van der Waals surface area (Å²) in [6, 6.07) is 7.46. The SMILES string of the molecule is CCOc1cc(/C=C2/SC(=O)N(Cc3ccc(F)cc3Cl)C2=O)cc(I)c1OC. The number of thioether (sulfide) groups is 1. The van der Waals surface area contributed by atoms with Crippen molar-refractivity contribution in [1.82, 2.24) is 4.90 Å². The molecular formula is C20H16ClFINO4S. The first kappa shape index (κ1) is 21.9. The molecule has 3 rings (SSSR count). The number of amides is 2. The zero-order valence-electron chi connectivity index (χ0n) is 15.5. The molecular weight excluding hydrogens is 532 g/mol. The van der Waals surface area contributed by atoms with Crippen LogP contribution >= 0.6 is 46.0 Å². The standard InChI is InChI=1S/C20H16ClFINO4S/c1-3-28-16-7-11(6-15(23)18(16)27-2)8-17-19(25)24(20(26)29-17)10-12-4-5-13(22)9-14(12)21/h4-9H,3,10H2,1-2H3/b17-8+. The fraction of sp³-hybridized carbons (Fsp3) is 0.200. The van der Waals surface area contributed by atoms with Crippen LogP contribution < -0.4 is 9.47 Å². The van der Waals surface area contributed by atoms with Gasteiger partial charge in [-0.2, -0.15) is 0 Å². The molecule has 0 atom stereocenters. The second-order valence-corrected chi connectivity index (χ2v) is 8.53. The van der Waals surface area contributed by atoms with Crippen molar-refractivity contribution in [2.75, 3.05) is 13.7 Å². The topological polar surface area (TPSA) is 55.8 Å². The molecule has 1 aliphatic rings. The van der Waals surface area contributed by atoms with E-state index in [1.165, 1.54) is 12.1 Å². The molecule has 0 aromatic heterocycles. The molecule has 0 N–H and O–H groups in total. The van der Waals surface area contributed by atoms with Crippen LogP contribution in [0.5, 0.6) is 11.5 Å². The summed E-state index contributed by atoms with van der Waals surface area (Å²) in [6.07, 6.45) is 1.64. The van der Waals surface area contributed by atoms with Crippen molar-refractivity contribution in [2.24, 2.45) is 0 Å². The Morgan fingerprint density at radius 1 is 1.28 bits per heavy atom. The van der Waals surface area contributed by atoms with Gasteiger partial charge in [-0.25, -0.2) is 4.39 Å². The summed E-state index contributed by atoms with van der Waals surface area (Å²) >= 11 is 9.00. The Labute approximate surface area is 190 Å². The van der Waals surface area contributed by atoms with Crippen LogP contribution in [0.4, 0.5) is 9.18 Å². The lowest BCUT2D eigenvalue weighted by molar-refractivity contribution is -0.123. The first-order valence-electron chi connectivity index (χ1n) is 8.53. The van der Waals surface area contributed by atoms with Gasteiger partial charge in [0.05, 0.1) is 28.7 Å². The molecule has 0 spiro atoms. The quantitative estimate of drug-likeness (QED) is 0.342. The Morgan fingerprint density at radius 3 is 2.69 bits per heavy atom. The van der Waals surface area contributed by atoms with Gasteiger partial charge in [0.1, 0.15) is 5.82 Å². The maximum absolute atomic E-state index is 13.2. The lowest BCUT2D eigenvalue weighted by Gasteiger charge is -2.14. The maximum atomic E-state index is 13.2. The van der Waals surface area contributed by atoms with Gasteiger partial charge in [-0.1, -0.05) is 17.7 Å². The van der Waals surface area contributed by atoms with E-state index in [0.717, 1.165) is 26.3 Å². The van der Waals surface area contributed by atoms with Crippen LogP contribution in [0.3, 0.4) is 0 Å². The summed E-state index contributed by atoms with van der Waals surface area (Å²) in [5.74, 6) is 0.269. The van der Waals surface area contributed by atoms with Crippen LogP contribution in [0.25, 0.3) is 6.08 Å². The minimum absolute atomic E-state index is 0.0224. The Morgan fingerprint density at radius 2 is 2.03 bits per heavy atom. The number of hydrogen-bond donors (Lipinski definition) is 0. The Hall–Kier alpha value is -1.78. The van der Waals surface area contributed by atoms with Gasteiger partial charge in [-0.3, -0.25) is 14.5 Å². The van der Waals surface area contributed by atoms with Gasteiger partial charge in [0.15, 0.2) is 11.5 Å². The van der Waals surface area contributed by atoms with Crippen LogP contribution in [0.2, 0.25) is 5.02 Å². The molecule has 0 bridgehead atoms. The molecule has 2 aromatic rings. The summed E-state index contributed by atoms with van der Waals surface area (Å²) in [6.45, 7) is 2.31. The van der Waals surface area contributed by atoms with E-state index in [9.17, 15) is 14.0 Å². The third-order valence-corrected chi connectivity index (χ3v) is 6.11. The summed E-state index contributed by atoms with van der Waals surface area (Å²) in [4.78, 5) is 26.5. The number of methoxy groups -OCH3 is 1. The van der Waals surface area contributed by atoms with Crippen LogP contribution in [-0.4, -0.2) is 29.8 Å². The lowest BCUT2D eigenvalue weighted by atomic mass is 10.1. The average molecular weight is 548 g/mol.